The lowest BCUT2D eigenvalue weighted by Gasteiger charge is -2.33. The summed E-state index contributed by atoms with van der Waals surface area (Å²) in [6, 6.07) is 20.1. The van der Waals surface area contributed by atoms with Crippen LogP contribution in [0, 0.1) is 6.92 Å². The van der Waals surface area contributed by atoms with Crippen LogP contribution in [-0.2, 0) is 16.1 Å². The highest BCUT2D eigenvalue weighted by Gasteiger charge is 2.27. The van der Waals surface area contributed by atoms with E-state index in [-0.39, 0.29) is 35.1 Å². The van der Waals surface area contributed by atoms with Crippen molar-refractivity contribution in [2.75, 3.05) is 40.4 Å². The van der Waals surface area contributed by atoms with Crippen LogP contribution in [0.25, 0.3) is 11.0 Å². The highest BCUT2D eigenvalue weighted by molar-refractivity contribution is 6.30. The molecule has 0 bridgehead atoms. The predicted molar refractivity (Wildman–Crippen MR) is 184 cm³/mol. The fourth-order valence-corrected chi connectivity index (χ4v) is 6.20. The van der Waals surface area contributed by atoms with Crippen molar-refractivity contribution in [3.05, 3.63) is 104 Å². The Kier molecular flexibility index (Phi) is 11.4. The van der Waals surface area contributed by atoms with Crippen molar-refractivity contribution >= 4 is 40.3 Å². The Morgan fingerprint density at radius 2 is 1.62 bits per heavy atom. The van der Waals surface area contributed by atoms with Gasteiger partial charge in [0.15, 0.2) is 22.7 Å². The quantitative estimate of drug-likeness (QED) is 0.254. The number of carbonyl (C=O) groups excluding carboxylic acids is 3. The third-order valence-corrected chi connectivity index (χ3v) is 9.00. The number of carbonyl (C=O) groups is 3. The predicted octanol–water partition coefficient (Wildman–Crippen LogP) is 5.72. The van der Waals surface area contributed by atoms with Crippen molar-refractivity contribution in [2.24, 2.45) is 0 Å². The Morgan fingerprint density at radius 1 is 0.938 bits per heavy atom. The minimum absolute atomic E-state index is 0.179. The van der Waals surface area contributed by atoms with E-state index in [4.69, 9.17) is 25.5 Å². The maximum absolute atomic E-state index is 12.9. The number of ether oxygens (including phenoxy) is 2. The zero-order valence-electron chi connectivity index (χ0n) is 27.4. The Bertz CT molecular complexity index is 1810. The van der Waals surface area contributed by atoms with E-state index >= 15 is 0 Å². The molecule has 1 N–H and O–H groups in total. The number of aryl methyl sites for hydroxylation is 1. The summed E-state index contributed by atoms with van der Waals surface area (Å²) in [5.41, 5.74) is 3.42. The average Bonchev–Trinajstić information content (AvgIpc) is 3.51. The summed E-state index contributed by atoms with van der Waals surface area (Å²) in [6.45, 7) is 4.41. The summed E-state index contributed by atoms with van der Waals surface area (Å²) < 4.78 is 16.1. The number of rotatable bonds is 8. The molecular weight excluding hydrogens is 634 g/mol. The van der Waals surface area contributed by atoms with Gasteiger partial charge in [-0.25, -0.2) is 0 Å². The number of methoxy groups -OCH3 is 2. The smallest absolute Gasteiger partial charge is 0.287 e. The van der Waals surface area contributed by atoms with Gasteiger partial charge in [0, 0.05) is 49.8 Å². The Labute approximate surface area is 284 Å². The van der Waals surface area contributed by atoms with Crippen molar-refractivity contribution in [1.82, 2.24) is 15.1 Å². The number of benzene rings is 3. The molecule has 0 radical (unpaired) electrons. The first-order valence-electron chi connectivity index (χ1n) is 16.0. The van der Waals surface area contributed by atoms with Crippen LogP contribution < -0.4 is 20.2 Å². The number of piperidine rings is 1. The minimum Gasteiger partial charge on any atom is -0.493 e. The first-order chi connectivity index (χ1) is 23.2. The molecule has 2 fully saturated rings. The van der Waals surface area contributed by atoms with Gasteiger partial charge in [0.1, 0.15) is 5.58 Å². The van der Waals surface area contributed by atoms with E-state index in [9.17, 15) is 19.2 Å². The number of hydrogen-bond donors (Lipinski definition) is 1. The monoisotopic (exact) mass is 673 g/mol. The van der Waals surface area contributed by atoms with Gasteiger partial charge in [-0.05, 0) is 61.4 Å². The molecule has 2 aliphatic heterocycles. The van der Waals surface area contributed by atoms with Crippen molar-refractivity contribution in [2.45, 2.75) is 45.1 Å². The van der Waals surface area contributed by atoms with E-state index in [0.717, 1.165) is 36.9 Å². The van der Waals surface area contributed by atoms with Gasteiger partial charge >= 0.3 is 0 Å². The van der Waals surface area contributed by atoms with E-state index in [0.29, 0.717) is 43.5 Å². The molecule has 0 saturated carbocycles. The van der Waals surface area contributed by atoms with Gasteiger partial charge in [0.25, 0.3) is 5.91 Å². The van der Waals surface area contributed by atoms with Gasteiger partial charge in [-0.1, -0.05) is 53.6 Å². The van der Waals surface area contributed by atoms with E-state index in [1.165, 1.54) is 43.0 Å². The summed E-state index contributed by atoms with van der Waals surface area (Å²) in [4.78, 5) is 54.0. The summed E-state index contributed by atoms with van der Waals surface area (Å²) >= 11 is 5.61. The molecule has 1 aromatic heterocycles. The molecule has 0 unspecified atom stereocenters. The van der Waals surface area contributed by atoms with Crippen LogP contribution in [0.4, 0.5) is 0 Å². The SMILES string of the molecule is COc1cc2oc(C(=O)NCC(=O)N3CCC(c4ccccc4CN4CCCC4=O)CC3)cc(=O)c2cc1OC.Cc1ccc(Cl)cc1. The summed E-state index contributed by atoms with van der Waals surface area (Å²) in [5.74, 6) is 0.208. The van der Waals surface area contributed by atoms with Crippen LogP contribution in [0.3, 0.4) is 0 Å². The lowest BCUT2D eigenvalue weighted by molar-refractivity contribution is -0.131. The standard InChI is InChI=1S/C30H33N3O7.C7H7Cl/c1-38-25-14-22-23(34)15-27(40-24(22)16-26(25)39-2)30(37)31-17-29(36)32-12-9-19(10-13-32)21-7-4-3-6-20(21)18-33-11-5-8-28(33)35;1-6-2-4-7(8)5-3-6/h3-4,6-7,14-16,19H,5,8-13,17-18H2,1-2H3,(H,31,37);2-5H,1H3. The summed E-state index contributed by atoms with van der Waals surface area (Å²) in [5, 5.41) is 3.63. The fourth-order valence-electron chi connectivity index (χ4n) is 6.08. The molecule has 0 spiro atoms. The van der Waals surface area contributed by atoms with Crippen molar-refractivity contribution in [1.29, 1.82) is 0 Å². The van der Waals surface area contributed by atoms with Crippen LogP contribution in [0.2, 0.25) is 5.02 Å². The molecule has 2 saturated heterocycles. The largest absolute Gasteiger partial charge is 0.493 e. The maximum Gasteiger partial charge on any atom is 0.287 e. The van der Waals surface area contributed by atoms with Crippen LogP contribution in [-0.4, -0.2) is 67.9 Å². The van der Waals surface area contributed by atoms with Crippen LogP contribution in [0.15, 0.2) is 75.9 Å². The second-order valence-electron chi connectivity index (χ2n) is 11.9. The van der Waals surface area contributed by atoms with Gasteiger partial charge < -0.3 is 29.0 Å². The third-order valence-electron chi connectivity index (χ3n) is 8.74. The molecule has 0 aliphatic carbocycles. The van der Waals surface area contributed by atoms with E-state index in [1.54, 1.807) is 4.90 Å². The number of nitrogens with one attached hydrogen (secondary N) is 1. The molecule has 10 nitrogen and oxygen atoms in total. The molecule has 3 heterocycles. The molecule has 252 valence electrons. The maximum atomic E-state index is 12.9. The van der Waals surface area contributed by atoms with Gasteiger partial charge in [0.2, 0.25) is 11.8 Å². The van der Waals surface area contributed by atoms with Crippen LogP contribution in [0.1, 0.15) is 58.8 Å². The Morgan fingerprint density at radius 3 is 2.27 bits per heavy atom. The number of amides is 3. The molecule has 6 rings (SSSR count). The first kappa shape index (κ1) is 34.5. The van der Waals surface area contributed by atoms with E-state index in [2.05, 4.69) is 17.4 Å². The van der Waals surface area contributed by atoms with E-state index < -0.39 is 11.3 Å². The zero-order chi connectivity index (χ0) is 34.2. The van der Waals surface area contributed by atoms with Gasteiger partial charge in [-0.15, -0.1) is 0 Å². The topological polar surface area (TPSA) is 118 Å². The van der Waals surface area contributed by atoms with Crippen molar-refractivity contribution < 1.29 is 28.3 Å². The lowest BCUT2D eigenvalue weighted by atomic mass is 9.86. The third kappa shape index (κ3) is 8.36. The summed E-state index contributed by atoms with van der Waals surface area (Å²) in [7, 11) is 2.92. The second kappa shape index (κ2) is 15.8. The molecule has 3 aromatic carbocycles. The molecular formula is C37H40ClN3O7. The van der Waals surface area contributed by atoms with E-state index in [1.807, 2.05) is 48.2 Å². The van der Waals surface area contributed by atoms with Gasteiger partial charge in [-0.3, -0.25) is 19.2 Å². The summed E-state index contributed by atoms with van der Waals surface area (Å²) in [6.07, 6.45) is 3.14. The minimum atomic E-state index is -0.651. The molecule has 48 heavy (non-hydrogen) atoms. The molecule has 11 heteroatoms. The molecule has 4 aromatic rings. The van der Waals surface area contributed by atoms with Crippen LogP contribution in [0.5, 0.6) is 11.5 Å². The Hall–Kier alpha value is -4.83. The number of nitrogens with zero attached hydrogens (tertiary/aromatic N) is 2. The highest BCUT2D eigenvalue weighted by Crippen LogP contribution is 2.32. The second-order valence-corrected chi connectivity index (χ2v) is 12.4. The molecule has 0 atom stereocenters. The number of fused-ring (bicyclic) bond motifs is 1. The Balaban J connectivity index is 0.000000494. The number of hydrogen-bond acceptors (Lipinski definition) is 7. The normalized spacial score (nSPS) is 14.8. The lowest BCUT2D eigenvalue weighted by Crippen LogP contribution is -2.44. The van der Waals surface area contributed by atoms with Gasteiger partial charge in [0.05, 0.1) is 26.2 Å². The fraction of sp³-hybridized carbons (Fsp3) is 0.351. The van der Waals surface area contributed by atoms with Crippen LogP contribution >= 0.6 is 11.6 Å². The highest BCUT2D eigenvalue weighted by atomic mass is 35.5. The zero-order valence-corrected chi connectivity index (χ0v) is 28.2. The molecule has 3 amide bonds. The average molecular weight is 674 g/mol. The van der Waals surface area contributed by atoms with Crippen molar-refractivity contribution in [3.63, 3.8) is 0 Å². The number of halogens is 1. The first-order valence-corrected chi connectivity index (χ1v) is 16.4. The van der Waals surface area contributed by atoms with Gasteiger partial charge in [-0.2, -0.15) is 0 Å². The van der Waals surface area contributed by atoms with Crippen molar-refractivity contribution in [3.8, 4) is 11.5 Å². The number of likely N-dealkylation sites (tertiary alicyclic amines) is 2. The molecule has 2 aliphatic rings.